The van der Waals surface area contributed by atoms with Crippen molar-refractivity contribution in [2.75, 3.05) is 12.4 Å². The van der Waals surface area contributed by atoms with Crippen molar-refractivity contribution < 1.29 is 13.5 Å². The lowest BCUT2D eigenvalue weighted by atomic mass is 9.91. The van der Waals surface area contributed by atoms with Gasteiger partial charge in [0.05, 0.1) is 11.3 Å². The number of nitrogens with one attached hydrogen (secondary N) is 2. The van der Waals surface area contributed by atoms with Crippen LogP contribution in [0.25, 0.3) is 20.2 Å². The van der Waals surface area contributed by atoms with E-state index >= 15 is 0 Å². The standard InChI is InChI=1S/C22H22N2O3S2/c1-21(2)20(23)24-22(3,13-29(21,26)27)15-7-9-19-17(12-15)16-11-14(5-4-10-25)6-8-18(16)28-19/h6-9,11-12,25H,10,13H2,1-3H3,(H2,23,24)/t22-/m0/s1. The van der Waals surface area contributed by atoms with Gasteiger partial charge < -0.3 is 10.4 Å². The van der Waals surface area contributed by atoms with E-state index in [0.717, 1.165) is 31.3 Å². The molecule has 1 saturated heterocycles. The van der Waals surface area contributed by atoms with Crippen molar-refractivity contribution in [2.24, 2.45) is 0 Å². The monoisotopic (exact) mass is 426 g/mol. The minimum absolute atomic E-state index is 0.0167. The van der Waals surface area contributed by atoms with E-state index in [9.17, 15) is 8.42 Å². The Kier molecular flexibility index (Phi) is 4.50. The largest absolute Gasteiger partial charge is 0.384 e. The predicted molar refractivity (Wildman–Crippen MR) is 119 cm³/mol. The third-order valence-electron chi connectivity index (χ3n) is 5.68. The Morgan fingerprint density at radius 3 is 2.45 bits per heavy atom. The second kappa shape index (κ2) is 6.56. The summed E-state index contributed by atoms with van der Waals surface area (Å²) in [6.07, 6.45) is 0. The van der Waals surface area contributed by atoms with Crippen molar-refractivity contribution in [1.29, 1.82) is 5.41 Å². The van der Waals surface area contributed by atoms with Gasteiger partial charge in [-0.1, -0.05) is 17.9 Å². The topological polar surface area (TPSA) is 90.2 Å². The second-order valence-corrected chi connectivity index (χ2v) is 11.7. The lowest BCUT2D eigenvalue weighted by molar-refractivity contribution is 0.350. The fraction of sp³-hybridized carbons (Fsp3) is 0.318. The van der Waals surface area contributed by atoms with Gasteiger partial charge in [-0.25, -0.2) is 8.42 Å². The van der Waals surface area contributed by atoms with Gasteiger partial charge in [-0.2, -0.15) is 0 Å². The van der Waals surface area contributed by atoms with Crippen molar-refractivity contribution in [3.8, 4) is 11.8 Å². The van der Waals surface area contributed by atoms with Gasteiger partial charge in [-0.3, -0.25) is 5.41 Å². The molecule has 0 amide bonds. The number of benzene rings is 2. The molecule has 1 aliphatic heterocycles. The van der Waals surface area contributed by atoms with Crippen LogP contribution in [0.5, 0.6) is 0 Å². The zero-order valence-electron chi connectivity index (χ0n) is 16.5. The number of sulfone groups is 1. The van der Waals surface area contributed by atoms with E-state index in [1.54, 1.807) is 25.2 Å². The Morgan fingerprint density at radius 2 is 1.79 bits per heavy atom. The highest BCUT2D eigenvalue weighted by atomic mass is 32.2. The molecule has 0 saturated carbocycles. The van der Waals surface area contributed by atoms with Crippen molar-refractivity contribution in [3.05, 3.63) is 47.5 Å². The Bertz CT molecular complexity index is 1330. The molecule has 0 unspecified atom stereocenters. The van der Waals surface area contributed by atoms with Crippen LogP contribution in [-0.2, 0) is 15.4 Å². The summed E-state index contributed by atoms with van der Waals surface area (Å²) in [5.41, 5.74) is 0.785. The molecule has 0 spiro atoms. The fourth-order valence-electron chi connectivity index (χ4n) is 3.67. The maximum absolute atomic E-state index is 12.9. The minimum Gasteiger partial charge on any atom is -0.384 e. The van der Waals surface area contributed by atoms with E-state index in [1.807, 2.05) is 43.3 Å². The molecule has 2 aromatic carbocycles. The molecule has 3 aromatic rings. The van der Waals surface area contributed by atoms with Crippen LogP contribution < -0.4 is 5.32 Å². The summed E-state index contributed by atoms with van der Waals surface area (Å²) in [5.74, 6) is 5.55. The molecule has 0 bridgehead atoms. The summed E-state index contributed by atoms with van der Waals surface area (Å²) in [6.45, 7) is 4.79. The molecule has 1 atom stereocenters. The molecule has 7 heteroatoms. The van der Waals surface area contributed by atoms with Gasteiger partial charge in [-0.15, -0.1) is 11.3 Å². The average Bonchev–Trinajstić information content (AvgIpc) is 3.01. The highest BCUT2D eigenvalue weighted by Crippen LogP contribution is 2.39. The zero-order chi connectivity index (χ0) is 21.0. The maximum Gasteiger partial charge on any atom is 0.165 e. The van der Waals surface area contributed by atoms with Gasteiger partial charge in [0.25, 0.3) is 0 Å². The van der Waals surface area contributed by atoms with Crippen LogP contribution in [0.4, 0.5) is 0 Å². The summed E-state index contributed by atoms with van der Waals surface area (Å²) in [4.78, 5) is 0. The summed E-state index contributed by atoms with van der Waals surface area (Å²) in [7, 11) is -3.49. The first-order valence-corrected chi connectivity index (χ1v) is 11.7. The molecular formula is C22H22N2O3S2. The molecular weight excluding hydrogens is 404 g/mol. The lowest BCUT2D eigenvalue weighted by Gasteiger charge is -2.43. The summed E-state index contributed by atoms with van der Waals surface area (Å²) in [5, 5.41) is 22.5. The Balaban J connectivity index is 1.86. The number of aliphatic hydroxyl groups excluding tert-OH is 1. The van der Waals surface area contributed by atoms with Crippen LogP contribution in [0.1, 0.15) is 31.9 Å². The normalized spacial score (nSPS) is 22.8. The molecule has 1 aliphatic rings. The molecule has 5 nitrogen and oxygen atoms in total. The summed E-state index contributed by atoms with van der Waals surface area (Å²) in [6, 6.07) is 11.9. The Morgan fingerprint density at radius 1 is 1.14 bits per heavy atom. The first kappa shape index (κ1) is 19.9. The van der Waals surface area contributed by atoms with Crippen LogP contribution in [-0.4, -0.2) is 36.5 Å². The first-order chi connectivity index (χ1) is 13.6. The highest BCUT2D eigenvalue weighted by molar-refractivity contribution is 7.93. The maximum atomic E-state index is 12.9. The van der Waals surface area contributed by atoms with Crippen molar-refractivity contribution in [3.63, 3.8) is 0 Å². The average molecular weight is 427 g/mol. The van der Waals surface area contributed by atoms with E-state index in [2.05, 4.69) is 17.2 Å². The molecule has 0 aliphatic carbocycles. The SMILES string of the molecule is CC1(C)C(=N)N[C@](C)(c2ccc3sc4ccc(C#CCO)cc4c3c2)CS1(=O)=O. The molecule has 1 fully saturated rings. The second-order valence-electron chi connectivity index (χ2n) is 8.09. The van der Waals surface area contributed by atoms with Crippen molar-refractivity contribution in [2.45, 2.75) is 31.1 Å². The van der Waals surface area contributed by atoms with Crippen LogP contribution in [0.3, 0.4) is 0 Å². The van der Waals surface area contributed by atoms with E-state index in [-0.39, 0.29) is 18.2 Å². The first-order valence-electron chi connectivity index (χ1n) is 9.23. The highest BCUT2D eigenvalue weighted by Gasteiger charge is 2.50. The molecule has 0 radical (unpaired) electrons. The van der Waals surface area contributed by atoms with Gasteiger partial charge >= 0.3 is 0 Å². The third-order valence-corrected chi connectivity index (χ3v) is 9.55. The van der Waals surface area contributed by atoms with E-state index < -0.39 is 20.1 Å². The van der Waals surface area contributed by atoms with E-state index in [4.69, 9.17) is 10.5 Å². The van der Waals surface area contributed by atoms with E-state index in [0.29, 0.717) is 0 Å². The van der Waals surface area contributed by atoms with Gasteiger partial charge in [0.2, 0.25) is 0 Å². The smallest absolute Gasteiger partial charge is 0.165 e. The molecule has 4 rings (SSSR count). The summed E-state index contributed by atoms with van der Waals surface area (Å²) < 4.78 is 26.7. The van der Waals surface area contributed by atoms with Crippen LogP contribution in [0.2, 0.25) is 0 Å². The Labute approximate surface area is 174 Å². The number of hydrogen-bond acceptors (Lipinski definition) is 5. The van der Waals surface area contributed by atoms with Crippen LogP contribution in [0.15, 0.2) is 36.4 Å². The van der Waals surface area contributed by atoms with Gasteiger partial charge in [0.15, 0.2) is 9.84 Å². The molecule has 150 valence electrons. The Hall–Kier alpha value is -2.40. The van der Waals surface area contributed by atoms with E-state index in [1.165, 1.54) is 0 Å². The number of amidine groups is 1. The fourth-order valence-corrected chi connectivity index (χ4v) is 6.46. The number of aliphatic hydroxyl groups is 1. The summed E-state index contributed by atoms with van der Waals surface area (Å²) >= 11 is 1.67. The van der Waals surface area contributed by atoms with Gasteiger partial charge in [-0.05, 0) is 56.7 Å². The van der Waals surface area contributed by atoms with Gasteiger partial charge in [0, 0.05) is 25.7 Å². The molecule has 1 aromatic heterocycles. The van der Waals surface area contributed by atoms with Crippen molar-refractivity contribution >= 4 is 47.2 Å². The molecule has 29 heavy (non-hydrogen) atoms. The number of thiophene rings is 1. The molecule has 2 heterocycles. The number of fused-ring (bicyclic) bond motifs is 3. The number of hydrogen-bond donors (Lipinski definition) is 3. The number of rotatable bonds is 1. The van der Waals surface area contributed by atoms with Crippen molar-refractivity contribution in [1.82, 2.24) is 5.32 Å². The zero-order valence-corrected chi connectivity index (χ0v) is 18.1. The molecule has 3 N–H and O–H groups in total. The quantitative estimate of drug-likeness (QED) is 0.520. The lowest BCUT2D eigenvalue weighted by Crippen LogP contribution is -2.63. The third kappa shape index (κ3) is 3.12. The van der Waals surface area contributed by atoms with Crippen LogP contribution >= 0.6 is 11.3 Å². The van der Waals surface area contributed by atoms with Gasteiger partial charge in [0.1, 0.15) is 17.2 Å². The minimum atomic E-state index is -3.49. The van der Waals surface area contributed by atoms with Crippen LogP contribution in [0, 0.1) is 17.3 Å². The predicted octanol–water partition coefficient (Wildman–Crippen LogP) is 3.39.